The fourth-order valence-electron chi connectivity index (χ4n) is 3.03. The van der Waals surface area contributed by atoms with Gasteiger partial charge in [0.2, 0.25) is 0 Å². The van der Waals surface area contributed by atoms with Crippen molar-refractivity contribution in [2.24, 2.45) is 0 Å². The summed E-state index contributed by atoms with van der Waals surface area (Å²) in [6.07, 6.45) is -1.17. The number of non-ortho nitro benzene ring substituents is 1. The summed E-state index contributed by atoms with van der Waals surface area (Å²) in [5.41, 5.74) is 2.44. The van der Waals surface area contributed by atoms with Crippen LogP contribution in [0.4, 0.5) is 17.1 Å². The quantitative estimate of drug-likeness (QED) is 0.270. The summed E-state index contributed by atoms with van der Waals surface area (Å²) >= 11 is 0. The third-order valence-electron chi connectivity index (χ3n) is 5.25. The Morgan fingerprint density at radius 2 is 1.60 bits per heavy atom. The summed E-state index contributed by atoms with van der Waals surface area (Å²) in [5, 5.41) is 13.2. The summed E-state index contributed by atoms with van der Waals surface area (Å²) in [6.45, 7) is 5.05. The number of anilines is 2. The van der Waals surface area contributed by atoms with Crippen LogP contribution in [0.1, 0.15) is 28.4 Å². The zero-order valence-electron chi connectivity index (χ0n) is 19.1. The SMILES string of the molecule is Cc1cccc(NS(=O)(=O)c2ccc(C(=O)OC(C)C(=O)Nc3ccc([N+](=O)[O-])cc3)cc2)c1C. The van der Waals surface area contributed by atoms with Crippen molar-refractivity contribution < 1.29 is 27.7 Å². The zero-order chi connectivity index (χ0) is 25.8. The molecule has 35 heavy (non-hydrogen) atoms. The smallest absolute Gasteiger partial charge is 0.338 e. The number of aryl methyl sites for hydroxylation is 1. The van der Waals surface area contributed by atoms with Gasteiger partial charge in [0.25, 0.3) is 21.6 Å². The highest BCUT2D eigenvalue weighted by Crippen LogP contribution is 2.22. The first-order valence-electron chi connectivity index (χ1n) is 10.4. The second kappa shape index (κ2) is 10.3. The third kappa shape index (κ3) is 6.21. The van der Waals surface area contributed by atoms with Crippen LogP contribution >= 0.6 is 0 Å². The molecule has 182 valence electrons. The topological polar surface area (TPSA) is 145 Å². The van der Waals surface area contributed by atoms with E-state index in [1.165, 1.54) is 55.5 Å². The van der Waals surface area contributed by atoms with E-state index in [2.05, 4.69) is 10.0 Å². The van der Waals surface area contributed by atoms with Crippen molar-refractivity contribution in [1.29, 1.82) is 0 Å². The molecule has 0 aliphatic heterocycles. The Bertz CT molecular complexity index is 1370. The summed E-state index contributed by atoms with van der Waals surface area (Å²) in [6, 6.07) is 15.6. The molecule has 3 aromatic carbocycles. The second-order valence-corrected chi connectivity index (χ2v) is 9.40. The normalized spacial score (nSPS) is 11.9. The number of benzene rings is 3. The Labute approximate surface area is 202 Å². The van der Waals surface area contributed by atoms with E-state index in [1.54, 1.807) is 12.1 Å². The zero-order valence-corrected chi connectivity index (χ0v) is 20.0. The molecule has 0 spiro atoms. The molecule has 3 aromatic rings. The number of nitro benzene ring substituents is 1. The van der Waals surface area contributed by atoms with Crippen LogP contribution in [0.3, 0.4) is 0 Å². The third-order valence-corrected chi connectivity index (χ3v) is 6.63. The molecule has 2 N–H and O–H groups in total. The first-order chi connectivity index (χ1) is 16.5. The van der Waals surface area contributed by atoms with Crippen molar-refractivity contribution in [2.75, 3.05) is 10.0 Å². The van der Waals surface area contributed by atoms with Crippen molar-refractivity contribution in [1.82, 2.24) is 0 Å². The molecule has 11 heteroatoms. The number of nitrogens with zero attached hydrogens (tertiary/aromatic N) is 1. The monoisotopic (exact) mass is 497 g/mol. The number of carbonyl (C=O) groups excluding carboxylic acids is 2. The van der Waals surface area contributed by atoms with Gasteiger partial charge in [0.1, 0.15) is 0 Å². The molecular weight excluding hydrogens is 474 g/mol. The van der Waals surface area contributed by atoms with Crippen LogP contribution < -0.4 is 10.0 Å². The minimum atomic E-state index is -3.88. The van der Waals surface area contributed by atoms with Gasteiger partial charge in [0, 0.05) is 17.8 Å². The van der Waals surface area contributed by atoms with Crippen LogP contribution in [0.15, 0.2) is 71.6 Å². The Morgan fingerprint density at radius 3 is 2.20 bits per heavy atom. The van der Waals surface area contributed by atoms with Gasteiger partial charge in [-0.1, -0.05) is 12.1 Å². The average molecular weight is 498 g/mol. The highest BCUT2D eigenvalue weighted by atomic mass is 32.2. The molecule has 1 unspecified atom stereocenters. The van der Waals surface area contributed by atoms with E-state index < -0.39 is 32.9 Å². The van der Waals surface area contributed by atoms with Crippen LogP contribution in [-0.4, -0.2) is 31.3 Å². The van der Waals surface area contributed by atoms with Crippen molar-refractivity contribution in [3.8, 4) is 0 Å². The number of hydrogen-bond donors (Lipinski definition) is 2. The van der Waals surface area contributed by atoms with Crippen LogP contribution in [0.2, 0.25) is 0 Å². The fourth-order valence-corrected chi connectivity index (χ4v) is 4.15. The molecule has 3 rings (SSSR count). The molecule has 0 saturated carbocycles. The lowest BCUT2D eigenvalue weighted by atomic mass is 10.1. The molecule has 0 aliphatic carbocycles. The van der Waals surface area contributed by atoms with Crippen LogP contribution in [-0.2, 0) is 19.6 Å². The Hall–Kier alpha value is -4.25. The van der Waals surface area contributed by atoms with Gasteiger partial charge in [-0.05, 0) is 74.4 Å². The van der Waals surface area contributed by atoms with Crippen LogP contribution in [0.5, 0.6) is 0 Å². The van der Waals surface area contributed by atoms with Gasteiger partial charge in [-0.2, -0.15) is 0 Å². The highest BCUT2D eigenvalue weighted by Gasteiger charge is 2.21. The predicted molar refractivity (Wildman–Crippen MR) is 130 cm³/mol. The van der Waals surface area contributed by atoms with Gasteiger partial charge in [-0.15, -0.1) is 0 Å². The lowest BCUT2D eigenvalue weighted by molar-refractivity contribution is -0.384. The van der Waals surface area contributed by atoms with E-state index in [-0.39, 0.29) is 16.1 Å². The van der Waals surface area contributed by atoms with E-state index in [1.807, 2.05) is 19.9 Å². The number of nitro groups is 1. The van der Waals surface area contributed by atoms with Gasteiger partial charge >= 0.3 is 5.97 Å². The van der Waals surface area contributed by atoms with Gasteiger partial charge in [0.15, 0.2) is 6.10 Å². The molecule has 0 fully saturated rings. The minimum Gasteiger partial charge on any atom is -0.449 e. The number of ether oxygens (including phenoxy) is 1. The van der Waals surface area contributed by atoms with Gasteiger partial charge in [-0.25, -0.2) is 13.2 Å². The number of esters is 1. The number of sulfonamides is 1. The number of rotatable bonds is 8. The minimum absolute atomic E-state index is 0.0427. The van der Waals surface area contributed by atoms with Crippen molar-refractivity contribution in [3.63, 3.8) is 0 Å². The van der Waals surface area contributed by atoms with E-state index in [9.17, 15) is 28.1 Å². The molecule has 0 heterocycles. The van der Waals surface area contributed by atoms with Crippen molar-refractivity contribution in [3.05, 3.63) is 93.5 Å². The largest absolute Gasteiger partial charge is 0.449 e. The predicted octanol–water partition coefficient (Wildman–Crippen LogP) is 4.20. The number of hydrogen-bond acceptors (Lipinski definition) is 7. The molecule has 1 atom stereocenters. The van der Waals surface area contributed by atoms with Gasteiger partial charge in [0.05, 0.1) is 21.1 Å². The molecule has 0 saturated heterocycles. The van der Waals surface area contributed by atoms with Gasteiger partial charge in [-0.3, -0.25) is 19.6 Å². The first-order valence-corrected chi connectivity index (χ1v) is 11.9. The Kier molecular flexibility index (Phi) is 7.50. The molecule has 10 nitrogen and oxygen atoms in total. The lowest BCUT2D eigenvalue weighted by Gasteiger charge is -2.14. The maximum Gasteiger partial charge on any atom is 0.338 e. The Morgan fingerprint density at radius 1 is 0.971 bits per heavy atom. The van der Waals surface area contributed by atoms with Crippen molar-refractivity contribution >= 4 is 39.0 Å². The Balaban J connectivity index is 1.63. The van der Waals surface area contributed by atoms with Crippen LogP contribution in [0.25, 0.3) is 0 Å². The van der Waals surface area contributed by atoms with Crippen molar-refractivity contribution in [2.45, 2.75) is 31.8 Å². The molecule has 0 radical (unpaired) electrons. The average Bonchev–Trinajstić information content (AvgIpc) is 2.82. The molecule has 0 aromatic heterocycles. The number of amides is 1. The summed E-state index contributed by atoms with van der Waals surface area (Å²) in [7, 11) is -3.88. The standard InChI is InChI=1S/C24H23N3O7S/c1-15-5-4-6-22(16(15)2)26-35(32,33)21-13-7-18(8-14-21)24(29)34-17(3)23(28)25-19-9-11-20(12-10-19)27(30)31/h4-14,17,26H,1-3H3,(H,25,28). The number of carbonyl (C=O) groups is 2. The summed E-state index contributed by atoms with van der Waals surface area (Å²) < 4.78 is 33.2. The summed E-state index contributed by atoms with van der Waals surface area (Å²) in [4.78, 5) is 34.8. The van der Waals surface area contributed by atoms with E-state index in [0.717, 1.165) is 11.1 Å². The summed E-state index contributed by atoms with van der Waals surface area (Å²) in [5.74, 6) is -1.45. The maximum absolute atomic E-state index is 12.7. The van der Waals surface area contributed by atoms with E-state index in [4.69, 9.17) is 4.74 Å². The maximum atomic E-state index is 12.7. The van der Waals surface area contributed by atoms with E-state index >= 15 is 0 Å². The molecule has 1 amide bonds. The second-order valence-electron chi connectivity index (χ2n) is 7.72. The molecule has 0 aliphatic rings. The first kappa shape index (κ1) is 25.4. The van der Waals surface area contributed by atoms with Crippen LogP contribution in [0, 0.1) is 24.0 Å². The lowest BCUT2D eigenvalue weighted by Crippen LogP contribution is -2.30. The van der Waals surface area contributed by atoms with Gasteiger partial charge < -0.3 is 10.1 Å². The molecular formula is C24H23N3O7S. The molecule has 0 bridgehead atoms. The van der Waals surface area contributed by atoms with E-state index in [0.29, 0.717) is 11.4 Å². The number of nitrogens with one attached hydrogen (secondary N) is 2. The fraction of sp³-hybridized carbons (Fsp3) is 0.167. The highest BCUT2D eigenvalue weighted by molar-refractivity contribution is 7.92.